The standard InChI is InChI=1S/C18H21F2N3O/c1-10-8-23(12-3-4-12)16-13(18(10)24)7-14(19)17(15(16)20)22-6-5-11(9-22)21-2/h7-8,11-12,21H,3-6,9H2,1-2H3. The lowest BCUT2D eigenvalue weighted by Crippen LogP contribution is -2.30. The lowest BCUT2D eigenvalue weighted by molar-refractivity contribution is 0.574. The van der Waals surface area contributed by atoms with E-state index in [2.05, 4.69) is 5.32 Å². The molecule has 4 nitrogen and oxygen atoms in total. The number of anilines is 1. The van der Waals surface area contributed by atoms with Gasteiger partial charge in [0.1, 0.15) is 11.5 Å². The van der Waals surface area contributed by atoms with E-state index >= 15 is 4.39 Å². The second-order valence-corrected chi connectivity index (χ2v) is 6.92. The van der Waals surface area contributed by atoms with Crippen LogP contribution < -0.4 is 15.6 Å². The Labute approximate surface area is 139 Å². The van der Waals surface area contributed by atoms with Gasteiger partial charge in [0.2, 0.25) is 0 Å². The van der Waals surface area contributed by atoms with Crippen LogP contribution in [0.2, 0.25) is 0 Å². The zero-order chi connectivity index (χ0) is 17.0. The van der Waals surface area contributed by atoms with Gasteiger partial charge in [-0.3, -0.25) is 4.79 Å². The van der Waals surface area contributed by atoms with Crippen molar-refractivity contribution in [2.75, 3.05) is 25.0 Å². The van der Waals surface area contributed by atoms with Gasteiger partial charge in [-0.1, -0.05) is 0 Å². The van der Waals surface area contributed by atoms with Crippen LogP contribution in [-0.2, 0) is 0 Å². The number of hydrogen-bond donors (Lipinski definition) is 1. The van der Waals surface area contributed by atoms with Crippen LogP contribution in [0.5, 0.6) is 0 Å². The molecule has 1 saturated heterocycles. The third-order valence-electron chi connectivity index (χ3n) is 5.21. The van der Waals surface area contributed by atoms with Crippen LogP contribution in [0.15, 0.2) is 17.1 Å². The third kappa shape index (κ3) is 2.32. The molecule has 2 fully saturated rings. The highest BCUT2D eigenvalue weighted by atomic mass is 19.1. The normalized spacial score (nSPS) is 21.0. The Balaban J connectivity index is 1.95. The quantitative estimate of drug-likeness (QED) is 0.938. The van der Waals surface area contributed by atoms with Gasteiger partial charge < -0.3 is 14.8 Å². The highest BCUT2D eigenvalue weighted by molar-refractivity contribution is 5.85. The minimum Gasteiger partial charge on any atom is -0.365 e. The molecule has 1 atom stereocenters. The molecule has 24 heavy (non-hydrogen) atoms. The first-order valence-electron chi connectivity index (χ1n) is 8.47. The van der Waals surface area contributed by atoms with Crippen molar-refractivity contribution in [1.29, 1.82) is 0 Å². The molecule has 0 amide bonds. The van der Waals surface area contributed by atoms with E-state index in [1.807, 2.05) is 11.6 Å². The van der Waals surface area contributed by atoms with Crippen molar-refractivity contribution < 1.29 is 8.78 Å². The molecule has 1 aliphatic heterocycles. The van der Waals surface area contributed by atoms with Gasteiger partial charge in [-0.2, -0.15) is 0 Å². The summed E-state index contributed by atoms with van der Waals surface area (Å²) in [5.41, 5.74) is 0.480. The van der Waals surface area contributed by atoms with E-state index in [1.54, 1.807) is 18.0 Å². The lowest BCUT2D eigenvalue weighted by Gasteiger charge is -2.22. The summed E-state index contributed by atoms with van der Waals surface area (Å²) in [5, 5.41) is 3.30. The Morgan fingerprint density at radius 2 is 2.00 bits per heavy atom. The van der Waals surface area contributed by atoms with Gasteiger partial charge in [0.15, 0.2) is 11.2 Å². The molecule has 128 valence electrons. The van der Waals surface area contributed by atoms with Crippen molar-refractivity contribution >= 4 is 16.6 Å². The van der Waals surface area contributed by atoms with Gasteiger partial charge in [-0.05, 0) is 39.3 Å². The van der Waals surface area contributed by atoms with Gasteiger partial charge in [-0.25, -0.2) is 8.78 Å². The molecule has 1 aliphatic carbocycles. The summed E-state index contributed by atoms with van der Waals surface area (Å²) >= 11 is 0. The maximum atomic E-state index is 15.3. The second kappa shape index (κ2) is 5.55. The van der Waals surface area contributed by atoms with E-state index in [0.29, 0.717) is 18.7 Å². The molecule has 2 aromatic rings. The predicted molar refractivity (Wildman–Crippen MR) is 90.8 cm³/mol. The van der Waals surface area contributed by atoms with Crippen LogP contribution in [0, 0.1) is 18.6 Å². The first-order chi connectivity index (χ1) is 11.5. The highest BCUT2D eigenvalue weighted by Crippen LogP contribution is 2.39. The Morgan fingerprint density at radius 3 is 2.62 bits per heavy atom. The smallest absolute Gasteiger partial charge is 0.192 e. The van der Waals surface area contributed by atoms with Crippen LogP contribution in [0.3, 0.4) is 0 Å². The molecular weight excluding hydrogens is 312 g/mol. The van der Waals surface area contributed by atoms with E-state index in [1.165, 1.54) is 6.07 Å². The topological polar surface area (TPSA) is 37.3 Å². The van der Waals surface area contributed by atoms with Gasteiger partial charge >= 0.3 is 0 Å². The molecule has 2 heterocycles. The number of hydrogen-bond acceptors (Lipinski definition) is 3. The van der Waals surface area contributed by atoms with Crippen molar-refractivity contribution in [2.45, 2.75) is 38.3 Å². The molecule has 1 saturated carbocycles. The SMILES string of the molecule is CNC1CCN(c2c(F)cc3c(=O)c(C)cn(C4CC4)c3c2F)C1. The maximum absolute atomic E-state index is 15.3. The summed E-state index contributed by atoms with van der Waals surface area (Å²) in [4.78, 5) is 14.1. The zero-order valence-corrected chi connectivity index (χ0v) is 13.9. The van der Waals surface area contributed by atoms with Crippen LogP contribution in [0.25, 0.3) is 10.9 Å². The maximum Gasteiger partial charge on any atom is 0.192 e. The minimum absolute atomic E-state index is 0.00194. The fourth-order valence-corrected chi connectivity index (χ4v) is 3.70. The number of rotatable bonds is 3. The largest absolute Gasteiger partial charge is 0.365 e. The van der Waals surface area contributed by atoms with Crippen molar-refractivity contribution in [2.24, 2.45) is 0 Å². The van der Waals surface area contributed by atoms with Crippen LogP contribution in [-0.4, -0.2) is 30.7 Å². The van der Waals surface area contributed by atoms with E-state index in [4.69, 9.17) is 0 Å². The van der Waals surface area contributed by atoms with Gasteiger partial charge in [0.25, 0.3) is 0 Å². The number of halogens is 2. The summed E-state index contributed by atoms with van der Waals surface area (Å²) in [6, 6.07) is 1.65. The van der Waals surface area contributed by atoms with Crippen molar-refractivity contribution in [3.8, 4) is 0 Å². The number of nitrogens with zero attached hydrogens (tertiary/aromatic N) is 2. The molecule has 0 radical (unpaired) electrons. The van der Waals surface area contributed by atoms with Crippen molar-refractivity contribution in [3.05, 3.63) is 39.7 Å². The Kier molecular flexibility index (Phi) is 3.60. The third-order valence-corrected chi connectivity index (χ3v) is 5.21. The average Bonchev–Trinajstić information content (AvgIpc) is 3.29. The van der Waals surface area contributed by atoms with E-state index in [-0.39, 0.29) is 34.1 Å². The monoisotopic (exact) mass is 333 g/mol. The number of pyridine rings is 1. The molecular formula is C18H21F2N3O. The molecule has 1 N–H and O–H groups in total. The lowest BCUT2D eigenvalue weighted by atomic mass is 10.1. The summed E-state index contributed by atoms with van der Waals surface area (Å²) in [6.45, 7) is 2.86. The molecule has 2 aliphatic rings. The molecule has 1 aromatic carbocycles. The van der Waals surface area contributed by atoms with Gasteiger partial charge in [0.05, 0.1) is 10.9 Å². The zero-order valence-electron chi connectivity index (χ0n) is 13.9. The molecule has 4 rings (SSSR count). The Morgan fingerprint density at radius 1 is 1.25 bits per heavy atom. The van der Waals surface area contributed by atoms with Crippen LogP contribution in [0.1, 0.15) is 30.9 Å². The molecule has 1 unspecified atom stereocenters. The van der Waals surface area contributed by atoms with Crippen LogP contribution >= 0.6 is 0 Å². The Bertz CT molecular complexity index is 873. The van der Waals surface area contributed by atoms with Gasteiger partial charge in [0, 0.05) is 36.9 Å². The molecule has 1 aromatic heterocycles. The number of aromatic nitrogens is 1. The highest BCUT2D eigenvalue weighted by Gasteiger charge is 2.31. The van der Waals surface area contributed by atoms with Crippen molar-refractivity contribution in [3.63, 3.8) is 0 Å². The van der Waals surface area contributed by atoms with E-state index in [9.17, 15) is 9.18 Å². The second-order valence-electron chi connectivity index (χ2n) is 6.92. The fourth-order valence-electron chi connectivity index (χ4n) is 3.70. The summed E-state index contributed by atoms with van der Waals surface area (Å²) in [6.07, 6.45) is 4.49. The van der Waals surface area contributed by atoms with Crippen molar-refractivity contribution in [1.82, 2.24) is 9.88 Å². The number of fused-ring (bicyclic) bond motifs is 1. The first kappa shape index (κ1) is 15.6. The molecule has 6 heteroatoms. The van der Waals surface area contributed by atoms with E-state index in [0.717, 1.165) is 19.3 Å². The average molecular weight is 333 g/mol. The Hall–Kier alpha value is -1.95. The summed E-state index contributed by atoms with van der Waals surface area (Å²) in [7, 11) is 1.86. The van der Waals surface area contributed by atoms with Crippen LogP contribution in [0.4, 0.5) is 14.5 Å². The van der Waals surface area contributed by atoms with E-state index < -0.39 is 11.6 Å². The number of aryl methyl sites for hydroxylation is 1. The number of nitrogens with one attached hydrogen (secondary N) is 1. The molecule has 0 spiro atoms. The predicted octanol–water partition coefficient (Wildman–Crippen LogP) is 2.72. The summed E-state index contributed by atoms with van der Waals surface area (Å²) < 4.78 is 31.8. The fraction of sp³-hybridized carbons (Fsp3) is 0.500. The van der Waals surface area contributed by atoms with Gasteiger partial charge in [-0.15, -0.1) is 0 Å². The summed E-state index contributed by atoms with van der Waals surface area (Å²) in [5.74, 6) is -1.26. The molecule has 0 bridgehead atoms. The number of benzene rings is 1. The first-order valence-corrected chi connectivity index (χ1v) is 8.47. The minimum atomic E-state index is -0.651. The number of likely N-dealkylation sites (N-methyl/N-ethyl adjacent to an activating group) is 1.